The van der Waals surface area contributed by atoms with E-state index in [4.69, 9.17) is 0 Å². The van der Waals surface area contributed by atoms with Gasteiger partial charge in [-0.3, -0.25) is 4.79 Å². The fourth-order valence-electron chi connectivity index (χ4n) is 1.06. The number of carboxylic acids is 1. The second-order valence-electron chi connectivity index (χ2n) is 3.44. The van der Waals surface area contributed by atoms with E-state index >= 15 is 0 Å². The summed E-state index contributed by atoms with van der Waals surface area (Å²) in [5, 5.41) is 10.2. The fourth-order valence-corrected chi connectivity index (χ4v) is 1.06. The Kier molecular flexibility index (Phi) is 13.8. The summed E-state index contributed by atoms with van der Waals surface area (Å²) < 4.78 is 0. The van der Waals surface area contributed by atoms with E-state index in [2.05, 4.69) is 6.92 Å². The molecule has 0 bridgehead atoms. The van der Waals surface area contributed by atoms with Crippen molar-refractivity contribution in [1.82, 2.24) is 4.90 Å². The fraction of sp³-hybridized carbons (Fsp3) is 0.636. The minimum absolute atomic E-state index is 0. The molecular weight excluding hydrogens is 233 g/mol. The summed E-state index contributed by atoms with van der Waals surface area (Å²) in [4.78, 5) is 22.7. The number of nitrogens with zero attached hydrogens (tertiary/aromatic N) is 1. The normalized spacial score (nSPS) is 9.88. The van der Waals surface area contributed by atoms with Crippen LogP contribution in [0.2, 0.25) is 0 Å². The molecule has 0 aliphatic carbocycles. The Bertz CT molecular complexity index is 241. The van der Waals surface area contributed by atoms with Gasteiger partial charge in [0.05, 0.1) is 12.5 Å². The van der Waals surface area contributed by atoms with Crippen LogP contribution >= 0.6 is 0 Å². The maximum absolute atomic E-state index is 11.3. The Labute approximate surface area is 139 Å². The molecule has 0 saturated heterocycles. The van der Waals surface area contributed by atoms with Crippen molar-refractivity contribution in [2.24, 2.45) is 0 Å². The number of rotatable bonds is 7. The van der Waals surface area contributed by atoms with Gasteiger partial charge in [0, 0.05) is 13.5 Å². The third-order valence-electron chi connectivity index (χ3n) is 1.98. The van der Waals surface area contributed by atoms with E-state index in [-0.39, 0.29) is 70.3 Å². The van der Waals surface area contributed by atoms with Crippen LogP contribution in [0, 0.1) is 0 Å². The van der Waals surface area contributed by atoms with Gasteiger partial charge >= 0.3 is 51.4 Å². The summed E-state index contributed by atoms with van der Waals surface area (Å²) in [7, 11) is 1.46. The van der Waals surface area contributed by atoms with Crippen molar-refractivity contribution >= 4 is 11.9 Å². The van der Waals surface area contributed by atoms with Crippen LogP contribution in [0.3, 0.4) is 0 Å². The Morgan fingerprint density at radius 2 is 1.94 bits per heavy atom. The predicted octanol–water partition coefficient (Wildman–Crippen LogP) is -2.66. The number of likely N-dealkylation sites (N-methyl/N-ethyl adjacent to an activating group) is 1. The summed E-state index contributed by atoms with van der Waals surface area (Å²) in [6, 6.07) is 0. The van der Waals surface area contributed by atoms with Gasteiger partial charge in [0.1, 0.15) is 0 Å². The van der Waals surface area contributed by atoms with E-state index in [0.29, 0.717) is 0 Å². The van der Waals surface area contributed by atoms with Crippen molar-refractivity contribution < 1.29 is 66.1 Å². The largest absolute Gasteiger partial charge is 1.00 e. The quantitative estimate of drug-likeness (QED) is 0.282. The molecule has 0 aromatic rings. The number of unbranched alkanes of at least 4 members (excludes halogenated alkanes) is 2. The molecule has 1 amide bonds. The first-order chi connectivity index (χ1) is 7.07. The summed E-state index contributed by atoms with van der Waals surface area (Å²) in [6.45, 7) is 1.76. The second-order valence-corrected chi connectivity index (χ2v) is 3.44. The number of carboxylic acid groups (broad SMARTS) is 1. The van der Waals surface area contributed by atoms with Crippen LogP contribution in [0.4, 0.5) is 0 Å². The van der Waals surface area contributed by atoms with Crippen LogP contribution in [0.5, 0.6) is 0 Å². The topological polar surface area (TPSA) is 60.4 Å². The van der Waals surface area contributed by atoms with Gasteiger partial charge in [-0.1, -0.05) is 31.9 Å². The van der Waals surface area contributed by atoms with Crippen LogP contribution in [-0.4, -0.2) is 30.4 Å². The van der Waals surface area contributed by atoms with Gasteiger partial charge in [-0.25, -0.2) is 0 Å². The molecule has 0 aromatic heterocycles. The van der Waals surface area contributed by atoms with E-state index in [9.17, 15) is 14.7 Å². The Hall–Kier alpha value is 0.316. The van der Waals surface area contributed by atoms with Gasteiger partial charge < -0.3 is 14.8 Å². The molecule has 0 aliphatic heterocycles. The molecule has 16 heavy (non-hydrogen) atoms. The molecule has 86 valence electrons. The van der Waals surface area contributed by atoms with E-state index in [1.807, 2.05) is 6.08 Å². The molecule has 4 nitrogen and oxygen atoms in total. The SMILES string of the molecule is CCCC/C=C/CC(=O)N(C)CC(=O)[O-].[K+]. The molecule has 0 N–H and O–H groups in total. The second kappa shape index (κ2) is 11.8. The Morgan fingerprint density at radius 1 is 1.31 bits per heavy atom. The maximum Gasteiger partial charge on any atom is 1.00 e. The minimum Gasteiger partial charge on any atom is -0.548 e. The van der Waals surface area contributed by atoms with Crippen molar-refractivity contribution in [2.45, 2.75) is 32.6 Å². The zero-order chi connectivity index (χ0) is 11.7. The molecule has 0 atom stereocenters. The van der Waals surface area contributed by atoms with E-state index in [1.165, 1.54) is 7.05 Å². The van der Waals surface area contributed by atoms with Crippen molar-refractivity contribution in [3.63, 3.8) is 0 Å². The summed E-state index contributed by atoms with van der Waals surface area (Å²) in [5.74, 6) is -1.44. The molecule has 0 rings (SSSR count). The third-order valence-corrected chi connectivity index (χ3v) is 1.98. The standard InChI is InChI=1S/C11H19NO3.K/c1-3-4-5-6-7-8-10(13)12(2)9-11(14)15;/h6-7H,3-5,8-9H2,1-2H3,(H,14,15);/q;+1/p-1/b7-6+;. The number of amides is 1. The van der Waals surface area contributed by atoms with Crippen LogP contribution in [-0.2, 0) is 9.59 Å². The first kappa shape index (κ1) is 18.7. The molecule has 0 heterocycles. The van der Waals surface area contributed by atoms with Crippen LogP contribution in [0.15, 0.2) is 12.2 Å². The van der Waals surface area contributed by atoms with Gasteiger partial charge in [-0.05, 0) is 6.42 Å². The molecule has 0 aromatic carbocycles. The number of hydrogen-bond donors (Lipinski definition) is 0. The van der Waals surface area contributed by atoms with Crippen molar-refractivity contribution in [2.75, 3.05) is 13.6 Å². The van der Waals surface area contributed by atoms with Crippen molar-refractivity contribution in [3.8, 4) is 0 Å². The Balaban J connectivity index is 0. The first-order valence-corrected chi connectivity index (χ1v) is 5.16. The molecular formula is C11H18KNO3. The van der Waals surface area contributed by atoms with Gasteiger partial charge in [0.25, 0.3) is 0 Å². The predicted molar refractivity (Wildman–Crippen MR) is 55.9 cm³/mol. The number of aliphatic carboxylic acids is 1. The van der Waals surface area contributed by atoms with Gasteiger partial charge in [0.2, 0.25) is 5.91 Å². The molecule has 0 radical (unpaired) electrons. The van der Waals surface area contributed by atoms with E-state index in [0.717, 1.165) is 24.2 Å². The number of carbonyl (C=O) groups excluding carboxylic acids is 2. The zero-order valence-corrected chi connectivity index (χ0v) is 13.5. The van der Waals surface area contributed by atoms with Crippen LogP contribution < -0.4 is 56.5 Å². The number of carbonyl (C=O) groups is 2. The summed E-state index contributed by atoms with van der Waals surface area (Å²) in [5.41, 5.74) is 0. The monoisotopic (exact) mass is 251 g/mol. The summed E-state index contributed by atoms with van der Waals surface area (Å²) >= 11 is 0. The molecule has 0 unspecified atom stereocenters. The van der Waals surface area contributed by atoms with Gasteiger partial charge in [-0.2, -0.15) is 0 Å². The average molecular weight is 251 g/mol. The van der Waals surface area contributed by atoms with E-state index < -0.39 is 5.97 Å². The molecule has 5 heteroatoms. The Morgan fingerprint density at radius 3 is 2.44 bits per heavy atom. The van der Waals surface area contributed by atoms with Crippen molar-refractivity contribution in [3.05, 3.63) is 12.2 Å². The maximum atomic E-state index is 11.3. The molecule has 0 aliphatic rings. The minimum atomic E-state index is -1.24. The molecule has 0 saturated carbocycles. The number of hydrogen-bond acceptors (Lipinski definition) is 3. The summed E-state index contributed by atoms with van der Waals surface area (Å²) in [6.07, 6.45) is 7.20. The first-order valence-electron chi connectivity index (χ1n) is 5.16. The molecule has 0 fully saturated rings. The van der Waals surface area contributed by atoms with Crippen LogP contribution in [0.25, 0.3) is 0 Å². The smallest absolute Gasteiger partial charge is 0.548 e. The number of allylic oxidation sites excluding steroid dienone is 1. The third kappa shape index (κ3) is 10.8. The average Bonchev–Trinajstić information content (AvgIpc) is 2.16. The van der Waals surface area contributed by atoms with Gasteiger partial charge in [0.15, 0.2) is 0 Å². The van der Waals surface area contributed by atoms with Gasteiger partial charge in [-0.15, -0.1) is 0 Å². The molecule has 0 spiro atoms. The van der Waals surface area contributed by atoms with Crippen LogP contribution in [0.1, 0.15) is 32.6 Å². The van der Waals surface area contributed by atoms with Crippen molar-refractivity contribution in [1.29, 1.82) is 0 Å². The zero-order valence-electron chi connectivity index (χ0n) is 10.4. The van der Waals surface area contributed by atoms with E-state index in [1.54, 1.807) is 6.08 Å².